The molecule has 1 saturated heterocycles. The van der Waals surface area contributed by atoms with Gasteiger partial charge in [-0.05, 0) is 43.5 Å². The molecule has 2 aromatic rings. The Balaban J connectivity index is 2.07. The summed E-state index contributed by atoms with van der Waals surface area (Å²) in [5.74, 6) is -0.720. The molecule has 1 fully saturated rings. The fourth-order valence-corrected chi connectivity index (χ4v) is 4.68. The molecule has 0 aliphatic carbocycles. The van der Waals surface area contributed by atoms with Gasteiger partial charge in [-0.1, -0.05) is 34.1 Å². The zero-order valence-electron chi connectivity index (χ0n) is 12.3. The van der Waals surface area contributed by atoms with Gasteiger partial charge in [-0.25, -0.2) is 0 Å². The molecule has 3 nitrogen and oxygen atoms in total. The van der Waals surface area contributed by atoms with E-state index in [9.17, 15) is 9.90 Å². The Hall–Kier alpha value is -1.17. The van der Waals surface area contributed by atoms with Crippen LogP contribution in [0.15, 0.2) is 40.9 Å². The molecule has 1 aliphatic rings. The van der Waals surface area contributed by atoms with Crippen LogP contribution in [0, 0.1) is 6.92 Å². The van der Waals surface area contributed by atoms with Crippen LogP contribution in [-0.4, -0.2) is 28.6 Å². The molecule has 1 N–H and O–H groups in total. The van der Waals surface area contributed by atoms with Gasteiger partial charge in [0.05, 0.1) is 6.04 Å². The van der Waals surface area contributed by atoms with Gasteiger partial charge in [0.15, 0.2) is 0 Å². The number of carboxylic acid groups (broad SMARTS) is 1. The third-order valence-electron chi connectivity index (χ3n) is 4.14. The molecular formula is C17H18BrNO2S. The number of halogens is 1. The molecule has 1 aliphatic heterocycles. The summed E-state index contributed by atoms with van der Waals surface area (Å²) < 4.78 is 1.03. The largest absolute Gasteiger partial charge is 0.480 e. The van der Waals surface area contributed by atoms with E-state index in [1.165, 1.54) is 9.75 Å². The molecular weight excluding hydrogens is 362 g/mol. The van der Waals surface area contributed by atoms with Crippen molar-refractivity contribution in [3.8, 4) is 0 Å². The average molecular weight is 380 g/mol. The van der Waals surface area contributed by atoms with Gasteiger partial charge in [-0.3, -0.25) is 9.69 Å². The van der Waals surface area contributed by atoms with Crippen LogP contribution in [0.2, 0.25) is 0 Å². The summed E-state index contributed by atoms with van der Waals surface area (Å²) in [6.07, 6.45) is 1.66. The van der Waals surface area contributed by atoms with Crippen LogP contribution >= 0.6 is 27.3 Å². The topological polar surface area (TPSA) is 40.5 Å². The van der Waals surface area contributed by atoms with Crippen molar-refractivity contribution < 1.29 is 9.90 Å². The minimum atomic E-state index is -0.720. The van der Waals surface area contributed by atoms with E-state index in [2.05, 4.69) is 46.0 Å². The van der Waals surface area contributed by atoms with Gasteiger partial charge < -0.3 is 5.11 Å². The van der Waals surface area contributed by atoms with E-state index in [1.807, 2.05) is 18.2 Å². The van der Waals surface area contributed by atoms with Gasteiger partial charge in [0.25, 0.3) is 0 Å². The molecule has 5 heteroatoms. The second kappa shape index (κ2) is 6.52. The number of likely N-dealkylation sites (tertiary alicyclic amines) is 1. The summed E-state index contributed by atoms with van der Waals surface area (Å²) in [7, 11) is 0. The lowest BCUT2D eigenvalue weighted by molar-refractivity contribution is -0.142. The normalized spacial score (nSPS) is 20.2. The molecule has 0 radical (unpaired) electrons. The number of nitrogens with zero attached hydrogens (tertiary/aromatic N) is 1. The molecule has 3 rings (SSSR count). The maximum Gasteiger partial charge on any atom is 0.320 e. The van der Waals surface area contributed by atoms with Crippen LogP contribution in [-0.2, 0) is 4.79 Å². The van der Waals surface area contributed by atoms with Crippen molar-refractivity contribution in [2.75, 3.05) is 6.54 Å². The summed E-state index contributed by atoms with van der Waals surface area (Å²) in [4.78, 5) is 16.2. The maximum absolute atomic E-state index is 11.6. The van der Waals surface area contributed by atoms with E-state index in [0.717, 1.165) is 29.4 Å². The summed E-state index contributed by atoms with van der Waals surface area (Å²) in [6.45, 7) is 2.91. The lowest BCUT2D eigenvalue weighted by Gasteiger charge is -2.31. The van der Waals surface area contributed by atoms with Crippen molar-refractivity contribution >= 4 is 33.2 Å². The van der Waals surface area contributed by atoms with Crippen LogP contribution in [0.3, 0.4) is 0 Å². The molecule has 2 unspecified atom stereocenters. The quantitative estimate of drug-likeness (QED) is 0.852. The summed E-state index contributed by atoms with van der Waals surface area (Å²) in [5.41, 5.74) is 1.14. The number of hydrogen-bond acceptors (Lipinski definition) is 3. The van der Waals surface area contributed by atoms with Crippen molar-refractivity contribution in [1.29, 1.82) is 0 Å². The van der Waals surface area contributed by atoms with E-state index in [1.54, 1.807) is 11.3 Å². The first-order valence-electron chi connectivity index (χ1n) is 7.37. The Morgan fingerprint density at radius 3 is 2.77 bits per heavy atom. The van der Waals surface area contributed by atoms with Crippen molar-refractivity contribution in [3.63, 3.8) is 0 Å². The Morgan fingerprint density at radius 1 is 1.36 bits per heavy atom. The fraction of sp³-hybridized carbons (Fsp3) is 0.353. The minimum absolute atomic E-state index is 0.00197. The smallest absolute Gasteiger partial charge is 0.320 e. The molecule has 116 valence electrons. The second-order valence-corrected chi connectivity index (χ2v) is 7.78. The van der Waals surface area contributed by atoms with Crippen molar-refractivity contribution in [1.82, 2.24) is 4.90 Å². The molecule has 0 spiro atoms. The maximum atomic E-state index is 11.6. The van der Waals surface area contributed by atoms with Gasteiger partial charge >= 0.3 is 5.97 Å². The van der Waals surface area contributed by atoms with Crippen LogP contribution in [0.1, 0.15) is 34.2 Å². The third-order valence-corrected chi connectivity index (χ3v) is 5.92. The first kappa shape index (κ1) is 15.7. The molecule has 2 heterocycles. The van der Waals surface area contributed by atoms with Crippen molar-refractivity contribution in [3.05, 3.63) is 56.2 Å². The minimum Gasteiger partial charge on any atom is -0.480 e. The number of benzene rings is 1. The third kappa shape index (κ3) is 2.98. The van der Waals surface area contributed by atoms with Gasteiger partial charge in [0.1, 0.15) is 6.04 Å². The molecule has 0 bridgehead atoms. The number of aryl methyl sites for hydroxylation is 1. The Labute approximate surface area is 142 Å². The SMILES string of the molecule is Cc1ccc(C(c2ccccc2Br)N2CCCC2C(=O)O)s1. The van der Waals surface area contributed by atoms with Gasteiger partial charge in [-0.2, -0.15) is 0 Å². The number of thiophene rings is 1. The second-order valence-electron chi connectivity index (χ2n) is 5.61. The number of carboxylic acids is 1. The number of carbonyl (C=O) groups is 1. The van der Waals surface area contributed by atoms with Gasteiger partial charge in [0, 0.05) is 20.8 Å². The highest BCUT2D eigenvalue weighted by molar-refractivity contribution is 9.10. The number of hydrogen-bond donors (Lipinski definition) is 1. The van der Waals surface area contributed by atoms with Gasteiger partial charge in [0.2, 0.25) is 0 Å². The first-order valence-corrected chi connectivity index (χ1v) is 8.98. The Bertz CT molecular complexity index is 685. The predicted octanol–water partition coefficient (Wildman–Crippen LogP) is 4.46. The highest BCUT2D eigenvalue weighted by atomic mass is 79.9. The monoisotopic (exact) mass is 379 g/mol. The summed E-state index contributed by atoms with van der Waals surface area (Å²) in [5, 5.41) is 9.55. The van der Waals surface area contributed by atoms with Crippen LogP contribution in [0.4, 0.5) is 0 Å². The Morgan fingerprint density at radius 2 is 2.14 bits per heavy atom. The molecule has 2 atom stereocenters. The molecule has 1 aromatic carbocycles. The van der Waals surface area contributed by atoms with E-state index in [4.69, 9.17) is 0 Å². The molecule has 22 heavy (non-hydrogen) atoms. The lowest BCUT2D eigenvalue weighted by Crippen LogP contribution is -2.39. The number of aliphatic carboxylic acids is 1. The zero-order chi connectivity index (χ0) is 15.7. The lowest BCUT2D eigenvalue weighted by atomic mass is 10.0. The van der Waals surface area contributed by atoms with E-state index < -0.39 is 12.0 Å². The Kier molecular flexibility index (Phi) is 4.66. The van der Waals surface area contributed by atoms with E-state index in [-0.39, 0.29) is 6.04 Å². The summed E-state index contributed by atoms with van der Waals surface area (Å²) >= 11 is 5.38. The fourth-order valence-electron chi connectivity index (χ4n) is 3.16. The highest BCUT2D eigenvalue weighted by Gasteiger charge is 2.37. The number of rotatable bonds is 4. The van der Waals surface area contributed by atoms with Crippen molar-refractivity contribution in [2.24, 2.45) is 0 Å². The standard InChI is InChI=1S/C17H18BrNO2S/c1-11-8-9-15(22-11)16(12-5-2-3-6-13(12)18)19-10-4-7-14(19)17(20)21/h2-3,5-6,8-9,14,16H,4,7,10H2,1H3,(H,20,21). The van der Waals surface area contributed by atoms with Crippen molar-refractivity contribution in [2.45, 2.75) is 31.8 Å². The van der Waals surface area contributed by atoms with Crippen LogP contribution in [0.5, 0.6) is 0 Å². The first-order chi connectivity index (χ1) is 10.6. The van der Waals surface area contributed by atoms with E-state index in [0.29, 0.717) is 0 Å². The predicted molar refractivity (Wildman–Crippen MR) is 92.4 cm³/mol. The molecule has 0 saturated carbocycles. The summed E-state index contributed by atoms with van der Waals surface area (Å²) in [6, 6.07) is 11.9. The highest BCUT2D eigenvalue weighted by Crippen LogP contribution is 2.40. The van der Waals surface area contributed by atoms with Gasteiger partial charge in [-0.15, -0.1) is 11.3 Å². The van der Waals surface area contributed by atoms with Crippen LogP contribution in [0.25, 0.3) is 0 Å². The molecule has 1 aromatic heterocycles. The van der Waals surface area contributed by atoms with Crippen LogP contribution < -0.4 is 0 Å². The average Bonchev–Trinajstić information content (AvgIpc) is 3.11. The van der Waals surface area contributed by atoms with E-state index >= 15 is 0 Å². The molecule has 0 amide bonds. The zero-order valence-corrected chi connectivity index (χ0v) is 14.7.